The summed E-state index contributed by atoms with van der Waals surface area (Å²) in [5.41, 5.74) is 1.11. The van der Waals surface area contributed by atoms with Gasteiger partial charge in [-0.15, -0.1) is 11.3 Å². The molecule has 2 rings (SSSR count). The highest BCUT2D eigenvalue weighted by Gasteiger charge is 2.00. The van der Waals surface area contributed by atoms with Crippen LogP contribution in [0.2, 0.25) is 0 Å². The normalized spacial score (nSPS) is 9.46. The Morgan fingerprint density at radius 2 is 1.92 bits per heavy atom. The van der Waals surface area contributed by atoms with Gasteiger partial charge >= 0.3 is 0 Å². The zero-order valence-electron chi connectivity index (χ0n) is 6.77. The lowest BCUT2D eigenvalue weighted by molar-refractivity contribution is 1.33. The van der Waals surface area contributed by atoms with E-state index in [1.165, 1.54) is 11.3 Å². The molecule has 2 nitrogen and oxygen atoms in total. The van der Waals surface area contributed by atoms with Crippen molar-refractivity contribution < 1.29 is 0 Å². The SMILES string of the molecule is N#Cc1ccc(-c2ccncc2)s1. The van der Waals surface area contributed by atoms with Crippen LogP contribution in [0.5, 0.6) is 0 Å². The predicted molar refractivity (Wildman–Crippen MR) is 52.3 cm³/mol. The maximum atomic E-state index is 8.65. The Labute approximate surface area is 80.1 Å². The number of thiophene rings is 1. The number of aromatic nitrogens is 1. The molecular formula is C10H6N2S. The van der Waals surface area contributed by atoms with E-state index in [1.807, 2.05) is 24.3 Å². The quantitative estimate of drug-likeness (QED) is 0.686. The second-order valence-electron chi connectivity index (χ2n) is 2.51. The maximum Gasteiger partial charge on any atom is 0.110 e. The van der Waals surface area contributed by atoms with Crippen LogP contribution in [-0.4, -0.2) is 4.98 Å². The zero-order valence-corrected chi connectivity index (χ0v) is 7.58. The van der Waals surface area contributed by atoms with E-state index >= 15 is 0 Å². The highest BCUT2D eigenvalue weighted by Crippen LogP contribution is 2.26. The van der Waals surface area contributed by atoms with Crippen molar-refractivity contribution in [3.63, 3.8) is 0 Å². The minimum absolute atomic E-state index is 0.742. The molecule has 0 radical (unpaired) electrons. The molecule has 0 unspecified atom stereocenters. The fourth-order valence-corrected chi connectivity index (χ4v) is 1.88. The van der Waals surface area contributed by atoms with Gasteiger partial charge in [0.25, 0.3) is 0 Å². The van der Waals surface area contributed by atoms with E-state index in [2.05, 4.69) is 11.1 Å². The van der Waals surface area contributed by atoms with Crippen LogP contribution in [0.15, 0.2) is 36.7 Å². The lowest BCUT2D eigenvalue weighted by Gasteiger charge is -1.92. The molecule has 0 aliphatic carbocycles. The highest BCUT2D eigenvalue weighted by molar-refractivity contribution is 7.16. The fourth-order valence-electron chi connectivity index (χ4n) is 1.07. The molecule has 2 heterocycles. The molecule has 0 spiro atoms. The average Bonchev–Trinajstić information content (AvgIpc) is 2.67. The number of nitriles is 1. The van der Waals surface area contributed by atoms with Crippen molar-refractivity contribution in [2.75, 3.05) is 0 Å². The largest absolute Gasteiger partial charge is 0.265 e. The third-order valence-electron chi connectivity index (χ3n) is 1.68. The number of nitrogens with zero attached hydrogens (tertiary/aromatic N) is 2. The molecule has 62 valence electrons. The van der Waals surface area contributed by atoms with Crippen LogP contribution in [0.25, 0.3) is 10.4 Å². The van der Waals surface area contributed by atoms with E-state index < -0.39 is 0 Å². The predicted octanol–water partition coefficient (Wildman–Crippen LogP) is 2.68. The highest BCUT2D eigenvalue weighted by atomic mass is 32.1. The van der Waals surface area contributed by atoms with Gasteiger partial charge in [-0.3, -0.25) is 4.98 Å². The second-order valence-corrected chi connectivity index (χ2v) is 3.60. The third-order valence-corrected chi connectivity index (χ3v) is 2.72. The molecule has 0 saturated carbocycles. The molecule has 0 bridgehead atoms. The number of pyridine rings is 1. The lowest BCUT2D eigenvalue weighted by Crippen LogP contribution is -1.71. The van der Waals surface area contributed by atoms with Crippen LogP contribution >= 0.6 is 11.3 Å². The number of hydrogen-bond donors (Lipinski definition) is 0. The molecular weight excluding hydrogens is 180 g/mol. The third kappa shape index (κ3) is 1.58. The summed E-state index contributed by atoms with van der Waals surface area (Å²) >= 11 is 1.50. The molecule has 2 aromatic rings. The van der Waals surface area contributed by atoms with Crippen molar-refractivity contribution in [3.05, 3.63) is 41.5 Å². The minimum Gasteiger partial charge on any atom is -0.265 e. The van der Waals surface area contributed by atoms with E-state index in [9.17, 15) is 0 Å². The van der Waals surface area contributed by atoms with Gasteiger partial charge in [0.15, 0.2) is 0 Å². The lowest BCUT2D eigenvalue weighted by atomic mass is 10.2. The Balaban J connectivity index is 2.43. The van der Waals surface area contributed by atoms with Crippen LogP contribution in [-0.2, 0) is 0 Å². The van der Waals surface area contributed by atoms with E-state index in [0.717, 1.165) is 15.3 Å². The Kier molecular flexibility index (Phi) is 2.07. The first kappa shape index (κ1) is 7.96. The molecule has 0 amide bonds. The summed E-state index contributed by atoms with van der Waals surface area (Å²) in [6, 6.07) is 9.79. The van der Waals surface area contributed by atoms with Crippen molar-refractivity contribution in [3.8, 4) is 16.5 Å². The van der Waals surface area contributed by atoms with Gasteiger partial charge in [0.05, 0.1) is 0 Å². The van der Waals surface area contributed by atoms with Gasteiger partial charge in [-0.25, -0.2) is 0 Å². The standard InChI is InChI=1S/C10H6N2S/c11-7-9-1-2-10(13-9)8-3-5-12-6-4-8/h1-6H. The Morgan fingerprint density at radius 1 is 1.15 bits per heavy atom. The maximum absolute atomic E-state index is 8.65. The van der Waals surface area contributed by atoms with E-state index in [1.54, 1.807) is 12.4 Å². The fraction of sp³-hybridized carbons (Fsp3) is 0. The molecule has 2 aromatic heterocycles. The topological polar surface area (TPSA) is 36.7 Å². The van der Waals surface area contributed by atoms with Crippen LogP contribution in [0.1, 0.15) is 4.88 Å². The van der Waals surface area contributed by atoms with Crippen molar-refractivity contribution in [1.29, 1.82) is 5.26 Å². The molecule has 0 aliphatic heterocycles. The first-order valence-corrected chi connectivity index (χ1v) is 4.62. The molecule has 0 aromatic carbocycles. The summed E-state index contributed by atoms with van der Waals surface area (Å²) in [6.45, 7) is 0. The van der Waals surface area contributed by atoms with Gasteiger partial charge in [0, 0.05) is 17.3 Å². The van der Waals surface area contributed by atoms with Crippen LogP contribution < -0.4 is 0 Å². The Morgan fingerprint density at radius 3 is 2.54 bits per heavy atom. The molecule has 0 N–H and O–H groups in total. The summed E-state index contributed by atoms with van der Waals surface area (Å²) in [5, 5.41) is 8.65. The molecule has 0 aliphatic rings. The Bertz CT molecular complexity index is 439. The number of hydrogen-bond acceptors (Lipinski definition) is 3. The monoisotopic (exact) mass is 186 g/mol. The summed E-state index contributed by atoms with van der Waals surface area (Å²) in [6.07, 6.45) is 3.50. The van der Waals surface area contributed by atoms with Crippen LogP contribution in [0.3, 0.4) is 0 Å². The molecule has 3 heteroatoms. The number of rotatable bonds is 1. The zero-order chi connectivity index (χ0) is 9.10. The molecule has 0 fully saturated rings. The average molecular weight is 186 g/mol. The van der Waals surface area contributed by atoms with Gasteiger partial charge in [-0.1, -0.05) is 0 Å². The van der Waals surface area contributed by atoms with Crippen molar-refractivity contribution in [2.45, 2.75) is 0 Å². The minimum atomic E-state index is 0.742. The van der Waals surface area contributed by atoms with Gasteiger partial charge < -0.3 is 0 Å². The van der Waals surface area contributed by atoms with Crippen LogP contribution in [0.4, 0.5) is 0 Å². The summed E-state index contributed by atoms with van der Waals surface area (Å²) < 4.78 is 0. The summed E-state index contributed by atoms with van der Waals surface area (Å²) in [5.74, 6) is 0. The van der Waals surface area contributed by atoms with Crippen LogP contribution in [0, 0.1) is 11.3 Å². The van der Waals surface area contributed by atoms with Gasteiger partial charge in [0.2, 0.25) is 0 Å². The van der Waals surface area contributed by atoms with E-state index in [-0.39, 0.29) is 0 Å². The van der Waals surface area contributed by atoms with Gasteiger partial charge in [-0.2, -0.15) is 5.26 Å². The Hall–Kier alpha value is -1.66. The van der Waals surface area contributed by atoms with Crippen molar-refractivity contribution in [1.82, 2.24) is 4.98 Å². The molecule has 0 saturated heterocycles. The first-order chi connectivity index (χ1) is 6.40. The first-order valence-electron chi connectivity index (χ1n) is 3.80. The van der Waals surface area contributed by atoms with Crippen molar-refractivity contribution in [2.24, 2.45) is 0 Å². The second kappa shape index (κ2) is 3.38. The molecule has 0 atom stereocenters. The molecule has 13 heavy (non-hydrogen) atoms. The summed E-state index contributed by atoms with van der Waals surface area (Å²) in [7, 11) is 0. The van der Waals surface area contributed by atoms with Crippen molar-refractivity contribution >= 4 is 11.3 Å². The van der Waals surface area contributed by atoms with E-state index in [0.29, 0.717) is 0 Å². The summed E-state index contributed by atoms with van der Waals surface area (Å²) in [4.78, 5) is 5.79. The van der Waals surface area contributed by atoms with Gasteiger partial charge in [-0.05, 0) is 29.8 Å². The van der Waals surface area contributed by atoms with Gasteiger partial charge in [0.1, 0.15) is 10.9 Å². The smallest absolute Gasteiger partial charge is 0.110 e. The van der Waals surface area contributed by atoms with E-state index in [4.69, 9.17) is 5.26 Å².